The normalized spacial score (nSPS) is 26.8. The van der Waals surface area contributed by atoms with Gasteiger partial charge in [-0.2, -0.15) is 0 Å². The number of methoxy groups -OCH3 is 1. The molecule has 2 aliphatic rings. The van der Waals surface area contributed by atoms with Crippen molar-refractivity contribution in [3.05, 3.63) is 29.8 Å². The number of rotatable bonds is 5. The first kappa shape index (κ1) is 17.7. The number of likely N-dealkylation sites (tertiary alicyclic amines) is 1. The van der Waals surface area contributed by atoms with Gasteiger partial charge < -0.3 is 19.5 Å². The molecule has 0 spiro atoms. The number of amides is 1. The van der Waals surface area contributed by atoms with E-state index in [1.807, 2.05) is 31.2 Å². The predicted octanol–water partition coefficient (Wildman–Crippen LogP) is 1.82. The quantitative estimate of drug-likeness (QED) is 0.879. The lowest BCUT2D eigenvalue weighted by molar-refractivity contribution is -0.157. The summed E-state index contributed by atoms with van der Waals surface area (Å²) in [5.74, 6) is -0.310. The predicted molar refractivity (Wildman–Crippen MR) is 91.4 cm³/mol. The van der Waals surface area contributed by atoms with Gasteiger partial charge >= 0.3 is 5.97 Å². The van der Waals surface area contributed by atoms with Crippen molar-refractivity contribution >= 4 is 11.9 Å². The number of nitrogens with zero attached hydrogens (tertiary/aromatic N) is 1. The third-order valence-corrected chi connectivity index (χ3v) is 5.57. The van der Waals surface area contributed by atoms with E-state index in [1.165, 1.54) is 0 Å². The Hall–Kier alpha value is -2.08. The molecule has 0 radical (unpaired) electrons. The van der Waals surface area contributed by atoms with Crippen molar-refractivity contribution in [1.29, 1.82) is 0 Å². The van der Waals surface area contributed by atoms with Crippen molar-refractivity contribution in [3.63, 3.8) is 0 Å². The molecule has 1 unspecified atom stereocenters. The molecule has 1 aromatic rings. The Morgan fingerprint density at radius 2 is 2.12 bits per heavy atom. The topological polar surface area (TPSA) is 76.1 Å². The monoisotopic (exact) mass is 347 g/mol. The molecule has 2 fully saturated rings. The van der Waals surface area contributed by atoms with E-state index < -0.39 is 11.4 Å². The lowest BCUT2D eigenvalue weighted by Crippen LogP contribution is -2.45. The van der Waals surface area contributed by atoms with Crippen LogP contribution in [0.3, 0.4) is 0 Å². The van der Waals surface area contributed by atoms with E-state index in [-0.39, 0.29) is 17.7 Å². The average Bonchev–Trinajstić information content (AvgIpc) is 3.02. The number of carbonyl (C=O) groups is 2. The van der Waals surface area contributed by atoms with Crippen LogP contribution in [0.15, 0.2) is 24.3 Å². The summed E-state index contributed by atoms with van der Waals surface area (Å²) < 4.78 is 10.6. The summed E-state index contributed by atoms with van der Waals surface area (Å²) in [6.07, 6.45) is 1.10. The van der Waals surface area contributed by atoms with Crippen LogP contribution in [-0.2, 0) is 20.7 Å². The standard InChI is InChI=1S/C19H25NO5/c1-13(9-14-3-5-16(24-2)6-4-14)17(21)20-10-15-11-25-8-7-19(15,12-20)18(22)23/h3-6,13,15H,7-12H2,1-2H3,(H,22,23)/t13?,15-,19+/m0/s1. The summed E-state index contributed by atoms with van der Waals surface area (Å²) in [5.41, 5.74) is 0.225. The van der Waals surface area contributed by atoms with Crippen molar-refractivity contribution in [2.24, 2.45) is 17.3 Å². The van der Waals surface area contributed by atoms with Gasteiger partial charge in [0.05, 0.1) is 19.1 Å². The highest BCUT2D eigenvalue weighted by Gasteiger charge is 2.55. The van der Waals surface area contributed by atoms with Gasteiger partial charge in [0.2, 0.25) is 5.91 Å². The van der Waals surface area contributed by atoms with E-state index in [9.17, 15) is 14.7 Å². The minimum absolute atomic E-state index is 0.0193. The molecule has 0 aromatic heterocycles. The first-order valence-corrected chi connectivity index (χ1v) is 8.69. The van der Waals surface area contributed by atoms with Crippen LogP contribution in [0, 0.1) is 17.3 Å². The van der Waals surface area contributed by atoms with E-state index in [0.717, 1.165) is 11.3 Å². The molecule has 3 rings (SSSR count). The molecule has 6 nitrogen and oxygen atoms in total. The van der Waals surface area contributed by atoms with Gasteiger partial charge in [0.25, 0.3) is 0 Å². The fourth-order valence-electron chi connectivity index (χ4n) is 3.98. The number of carboxylic acid groups (broad SMARTS) is 1. The number of hydrogen-bond acceptors (Lipinski definition) is 4. The third kappa shape index (κ3) is 3.35. The zero-order valence-corrected chi connectivity index (χ0v) is 14.7. The van der Waals surface area contributed by atoms with Crippen LogP contribution in [0.4, 0.5) is 0 Å². The minimum atomic E-state index is -0.840. The highest BCUT2D eigenvalue weighted by molar-refractivity contribution is 5.82. The van der Waals surface area contributed by atoms with E-state index in [4.69, 9.17) is 9.47 Å². The first-order chi connectivity index (χ1) is 12.0. The molecule has 25 heavy (non-hydrogen) atoms. The molecule has 6 heteroatoms. The van der Waals surface area contributed by atoms with Gasteiger partial charge in [0, 0.05) is 31.5 Å². The molecule has 1 N–H and O–H groups in total. The number of fused-ring (bicyclic) bond motifs is 1. The Kier molecular flexibility index (Phi) is 4.99. The SMILES string of the molecule is COc1ccc(CC(C)C(=O)N2C[C@H]3COCC[C@@]3(C(=O)O)C2)cc1. The van der Waals surface area contributed by atoms with Crippen molar-refractivity contribution in [3.8, 4) is 5.75 Å². The second kappa shape index (κ2) is 7.04. The van der Waals surface area contributed by atoms with E-state index in [1.54, 1.807) is 12.0 Å². The smallest absolute Gasteiger partial charge is 0.311 e. The summed E-state index contributed by atoms with van der Waals surface area (Å²) in [5, 5.41) is 9.72. The highest BCUT2D eigenvalue weighted by atomic mass is 16.5. The van der Waals surface area contributed by atoms with Crippen molar-refractivity contribution in [2.45, 2.75) is 19.8 Å². The number of benzene rings is 1. The lowest BCUT2D eigenvalue weighted by atomic mass is 9.74. The van der Waals surface area contributed by atoms with Gasteiger partial charge in [-0.05, 0) is 30.5 Å². The molecular formula is C19H25NO5. The van der Waals surface area contributed by atoms with Crippen molar-refractivity contribution in [1.82, 2.24) is 4.90 Å². The Labute approximate surface area is 147 Å². The fraction of sp³-hybridized carbons (Fsp3) is 0.579. The van der Waals surface area contributed by atoms with Gasteiger partial charge in [0.15, 0.2) is 0 Å². The number of aliphatic carboxylic acids is 1. The summed E-state index contributed by atoms with van der Waals surface area (Å²) >= 11 is 0. The van der Waals surface area contributed by atoms with Crippen LogP contribution in [0.25, 0.3) is 0 Å². The van der Waals surface area contributed by atoms with Crippen LogP contribution in [0.5, 0.6) is 5.75 Å². The first-order valence-electron chi connectivity index (χ1n) is 8.69. The Balaban J connectivity index is 1.67. The molecule has 0 bridgehead atoms. The summed E-state index contributed by atoms with van der Waals surface area (Å²) in [6.45, 7) is 3.54. The van der Waals surface area contributed by atoms with Crippen LogP contribution >= 0.6 is 0 Å². The molecule has 3 atom stereocenters. The second-order valence-electron chi connectivity index (χ2n) is 7.16. The van der Waals surface area contributed by atoms with Gasteiger partial charge in [-0.15, -0.1) is 0 Å². The second-order valence-corrected chi connectivity index (χ2v) is 7.16. The van der Waals surface area contributed by atoms with Gasteiger partial charge in [-0.1, -0.05) is 19.1 Å². The molecule has 0 aliphatic carbocycles. The number of hydrogen-bond donors (Lipinski definition) is 1. The lowest BCUT2D eigenvalue weighted by Gasteiger charge is -2.33. The molecule has 2 aliphatic heterocycles. The molecule has 1 aromatic carbocycles. The minimum Gasteiger partial charge on any atom is -0.497 e. The number of ether oxygens (including phenoxy) is 2. The molecule has 2 heterocycles. The Bertz CT molecular complexity index is 644. The summed E-state index contributed by atoms with van der Waals surface area (Å²) in [6, 6.07) is 7.68. The third-order valence-electron chi connectivity index (χ3n) is 5.57. The average molecular weight is 347 g/mol. The van der Waals surface area contributed by atoms with E-state index in [0.29, 0.717) is 39.1 Å². The van der Waals surface area contributed by atoms with Crippen LogP contribution in [0.2, 0.25) is 0 Å². The molecule has 2 saturated heterocycles. The van der Waals surface area contributed by atoms with Crippen molar-refractivity contribution in [2.75, 3.05) is 33.4 Å². The zero-order chi connectivity index (χ0) is 18.0. The van der Waals surface area contributed by atoms with Crippen LogP contribution < -0.4 is 4.74 Å². The Morgan fingerprint density at radius 3 is 2.72 bits per heavy atom. The highest BCUT2D eigenvalue weighted by Crippen LogP contribution is 2.42. The molecule has 136 valence electrons. The van der Waals surface area contributed by atoms with Gasteiger partial charge in [-0.25, -0.2) is 0 Å². The maximum atomic E-state index is 12.8. The van der Waals surface area contributed by atoms with Crippen molar-refractivity contribution < 1.29 is 24.2 Å². The summed E-state index contributed by atoms with van der Waals surface area (Å²) in [7, 11) is 1.62. The molecular weight excluding hydrogens is 322 g/mol. The van der Waals surface area contributed by atoms with Gasteiger partial charge in [0.1, 0.15) is 5.75 Å². The van der Waals surface area contributed by atoms with E-state index in [2.05, 4.69) is 0 Å². The maximum Gasteiger partial charge on any atom is 0.311 e. The van der Waals surface area contributed by atoms with Crippen LogP contribution in [0.1, 0.15) is 18.9 Å². The Morgan fingerprint density at radius 1 is 1.40 bits per heavy atom. The fourth-order valence-corrected chi connectivity index (χ4v) is 3.98. The van der Waals surface area contributed by atoms with Gasteiger partial charge in [-0.3, -0.25) is 9.59 Å². The zero-order valence-electron chi connectivity index (χ0n) is 14.7. The number of carbonyl (C=O) groups excluding carboxylic acids is 1. The van der Waals surface area contributed by atoms with Crippen LogP contribution in [-0.4, -0.2) is 55.3 Å². The molecule has 0 saturated carbocycles. The van der Waals surface area contributed by atoms with E-state index >= 15 is 0 Å². The maximum absolute atomic E-state index is 12.8. The largest absolute Gasteiger partial charge is 0.497 e. The number of carboxylic acids is 1. The molecule has 1 amide bonds. The summed E-state index contributed by atoms with van der Waals surface area (Å²) in [4.78, 5) is 26.4.